The van der Waals surface area contributed by atoms with Gasteiger partial charge in [-0.05, 0) is 40.7 Å². The molecule has 0 fully saturated rings. The Labute approximate surface area is 114 Å². The molecule has 0 bridgehead atoms. The summed E-state index contributed by atoms with van der Waals surface area (Å²) >= 11 is 3.12. The van der Waals surface area contributed by atoms with Crippen LogP contribution in [0.15, 0.2) is 0 Å². The third-order valence-electron chi connectivity index (χ3n) is 1.78. The molecule has 0 atom stereocenters. The summed E-state index contributed by atoms with van der Waals surface area (Å²) < 4.78 is 5.43. The minimum Gasteiger partial charge on any atom is -0.379 e. The first-order valence-electron chi connectivity index (χ1n) is 5.97. The van der Waals surface area contributed by atoms with E-state index in [1.807, 2.05) is 34.6 Å². The average molecular weight is 311 g/mol. The zero-order valence-corrected chi connectivity index (χ0v) is 13.3. The first kappa shape index (κ1) is 19.2. The van der Waals surface area contributed by atoms with Gasteiger partial charge in [0.15, 0.2) is 0 Å². The van der Waals surface area contributed by atoms with Gasteiger partial charge in [0, 0.05) is 12.1 Å². The molecule has 0 rings (SSSR count). The summed E-state index contributed by atoms with van der Waals surface area (Å²) in [5, 5.41) is 3.26. The second-order valence-electron chi connectivity index (χ2n) is 4.64. The minimum absolute atomic E-state index is 0.0135. The van der Waals surface area contributed by atoms with Crippen LogP contribution >= 0.6 is 15.9 Å². The van der Waals surface area contributed by atoms with Gasteiger partial charge in [0.05, 0.1) is 11.4 Å². The molecule has 0 unspecified atom stereocenters. The van der Waals surface area contributed by atoms with E-state index in [0.717, 1.165) is 13.0 Å². The Morgan fingerprint density at radius 2 is 1.94 bits per heavy atom. The van der Waals surface area contributed by atoms with E-state index in [1.54, 1.807) is 0 Å². The molecule has 104 valence electrons. The topological polar surface area (TPSA) is 64.3 Å². The number of rotatable bonds is 6. The highest BCUT2D eigenvalue weighted by atomic mass is 79.9. The molecular formula is C12H27BrN2O2. The predicted octanol–water partition coefficient (Wildman–Crippen LogP) is 2.06. The van der Waals surface area contributed by atoms with E-state index in [-0.39, 0.29) is 17.6 Å². The summed E-state index contributed by atoms with van der Waals surface area (Å²) in [6, 6.07) is 0. The highest BCUT2D eigenvalue weighted by Crippen LogP contribution is 2.09. The second kappa shape index (κ2) is 11.0. The molecule has 0 aliphatic rings. The Balaban J connectivity index is 0. The fourth-order valence-electron chi connectivity index (χ4n) is 1.02. The van der Waals surface area contributed by atoms with Crippen LogP contribution in [0.5, 0.6) is 0 Å². The summed E-state index contributed by atoms with van der Waals surface area (Å²) in [7, 11) is 0. The number of nitrogens with two attached hydrogens (primary N) is 1. The van der Waals surface area contributed by atoms with Crippen molar-refractivity contribution in [3.63, 3.8) is 0 Å². The first-order valence-corrected chi connectivity index (χ1v) is 7.09. The van der Waals surface area contributed by atoms with Gasteiger partial charge in [-0.25, -0.2) is 0 Å². The Morgan fingerprint density at radius 1 is 1.47 bits per heavy atom. The SMILES string of the molecule is CC(C)OCCC(C)(C)NC(=O)CBr.CCN. The monoisotopic (exact) mass is 310 g/mol. The van der Waals surface area contributed by atoms with E-state index in [1.165, 1.54) is 0 Å². The Hall–Kier alpha value is -0.130. The molecule has 5 heteroatoms. The fraction of sp³-hybridized carbons (Fsp3) is 0.917. The number of alkyl halides is 1. The standard InChI is InChI=1S/C10H20BrNO2.C2H7N/c1-8(2)14-6-5-10(3,4)12-9(13)7-11;1-2-3/h8H,5-7H2,1-4H3,(H,12,13);2-3H2,1H3. The van der Waals surface area contributed by atoms with Gasteiger partial charge in [-0.3, -0.25) is 4.79 Å². The molecule has 4 nitrogen and oxygen atoms in total. The van der Waals surface area contributed by atoms with Gasteiger partial charge in [0.1, 0.15) is 0 Å². The van der Waals surface area contributed by atoms with Crippen LogP contribution in [0.1, 0.15) is 41.0 Å². The summed E-state index contributed by atoms with van der Waals surface area (Å²) in [6.45, 7) is 11.3. The molecule has 0 saturated carbocycles. The van der Waals surface area contributed by atoms with Crippen molar-refractivity contribution in [1.29, 1.82) is 0 Å². The van der Waals surface area contributed by atoms with Crippen LogP contribution in [0.3, 0.4) is 0 Å². The quantitative estimate of drug-likeness (QED) is 0.738. The number of hydrogen-bond acceptors (Lipinski definition) is 3. The van der Waals surface area contributed by atoms with Crippen LogP contribution in [0.4, 0.5) is 0 Å². The molecule has 0 aromatic rings. The number of hydrogen-bond donors (Lipinski definition) is 2. The number of ether oxygens (including phenoxy) is 1. The third-order valence-corrected chi connectivity index (χ3v) is 2.29. The Bertz CT molecular complexity index is 197. The third kappa shape index (κ3) is 15.9. The van der Waals surface area contributed by atoms with Gasteiger partial charge in [-0.1, -0.05) is 22.9 Å². The molecule has 3 N–H and O–H groups in total. The van der Waals surface area contributed by atoms with E-state index in [0.29, 0.717) is 11.9 Å². The van der Waals surface area contributed by atoms with Crippen LogP contribution in [0.25, 0.3) is 0 Å². The molecule has 0 aliphatic carbocycles. The van der Waals surface area contributed by atoms with Crippen molar-refractivity contribution in [2.24, 2.45) is 5.73 Å². The summed E-state index contributed by atoms with van der Waals surface area (Å²) in [6.07, 6.45) is 1.07. The molecule has 0 aliphatic heterocycles. The predicted molar refractivity (Wildman–Crippen MR) is 76.4 cm³/mol. The Morgan fingerprint density at radius 3 is 2.29 bits per heavy atom. The van der Waals surface area contributed by atoms with E-state index >= 15 is 0 Å². The van der Waals surface area contributed by atoms with Crippen molar-refractivity contribution in [2.45, 2.75) is 52.7 Å². The lowest BCUT2D eigenvalue weighted by atomic mass is 10.0. The van der Waals surface area contributed by atoms with E-state index < -0.39 is 0 Å². The second-order valence-corrected chi connectivity index (χ2v) is 5.20. The normalized spacial score (nSPS) is 10.8. The summed E-state index contributed by atoms with van der Waals surface area (Å²) in [4.78, 5) is 11.1. The maximum absolute atomic E-state index is 11.1. The van der Waals surface area contributed by atoms with Crippen LogP contribution in [0.2, 0.25) is 0 Å². The molecule has 0 spiro atoms. The Kier molecular flexibility index (Phi) is 12.4. The van der Waals surface area contributed by atoms with Crippen LogP contribution < -0.4 is 11.1 Å². The van der Waals surface area contributed by atoms with Gasteiger partial charge in [0.25, 0.3) is 0 Å². The van der Waals surface area contributed by atoms with Gasteiger partial charge < -0.3 is 15.8 Å². The highest BCUT2D eigenvalue weighted by molar-refractivity contribution is 9.09. The largest absolute Gasteiger partial charge is 0.379 e. The molecule has 1 amide bonds. The zero-order valence-electron chi connectivity index (χ0n) is 11.7. The van der Waals surface area contributed by atoms with Gasteiger partial charge in [0.2, 0.25) is 5.91 Å². The smallest absolute Gasteiger partial charge is 0.231 e. The molecule has 0 aromatic heterocycles. The van der Waals surface area contributed by atoms with Crippen LogP contribution in [-0.4, -0.2) is 36.0 Å². The molecule has 17 heavy (non-hydrogen) atoms. The van der Waals surface area contributed by atoms with Gasteiger partial charge >= 0.3 is 0 Å². The van der Waals surface area contributed by atoms with E-state index in [2.05, 4.69) is 21.2 Å². The number of carbonyl (C=O) groups excluding carboxylic acids is 1. The maximum Gasteiger partial charge on any atom is 0.231 e. The number of carbonyl (C=O) groups is 1. The van der Waals surface area contributed by atoms with Crippen molar-refractivity contribution in [3.05, 3.63) is 0 Å². The average Bonchev–Trinajstić information content (AvgIpc) is 2.17. The van der Waals surface area contributed by atoms with Crippen molar-refractivity contribution >= 4 is 21.8 Å². The summed E-state index contributed by atoms with van der Waals surface area (Å²) in [5.74, 6) is 0.0135. The molecule has 0 radical (unpaired) electrons. The van der Waals surface area contributed by atoms with Crippen molar-refractivity contribution < 1.29 is 9.53 Å². The highest BCUT2D eigenvalue weighted by Gasteiger charge is 2.19. The summed E-state index contributed by atoms with van der Waals surface area (Å²) in [5.41, 5.74) is 4.65. The van der Waals surface area contributed by atoms with E-state index in [4.69, 9.17) is 10.5 Å². The molecule has 0 heterocycles. The number of amides is 1. The molecule has 0 saturated heterocycles. The lowest BCUT2D eigenvalue weighted by Crippen LogP contribution is -2.44. The number of halogens is 1. The lowest BCUT2D eigenvalue weighted by Gasteiger charge is -2.26. The minimum atomic E-state index is -0.195. The maximum atomic E-state index is 11.1. The van der Waals surface area contributed by atoms with Crippen molar-refractivity contribution in [1.82, 2.24) is 5.32 Å². The first-order chi connectivity index (χ1) is 7.79. The fourth-order valence-corrected chi connectivity index (χ4v) is 1.16. The van der Waals surface area contributed by atoms with Gasteiger partial charge in [-0.15, -0.1) is 0 Å². The van der Waals surface area contributed by atoms with E-state index in [9.17, 15) is 4.79 Å². The number of nitrogens with one attached hydrogen (secondary N) is 1. The van der Waals surface area contributed by atoms with Crippen LogP contribution in [-0.2, 0) is 9.53 Å². The lowest BCUT2D eigenvalue weighted by molar-refractivity contribution is -0.120. The van der Waals surface area contributed by atoms with Gasteiger partial charge in [-0.2, -0.15) is 0 Å². The van der Waals surface area contributed by atoms with Crippen LogP contribution in [0, 0.1) is 0 Å². The molecular weight excluding hydrogens is 284 g/mol. The molecule has 0 aromatic carbocycles. The van der Waals surface area contributed by atoms with Crippen molar-refractivity contribution in [2.75, 3.05) is 18.5 Å². The zero-order chi connectivity index (χ0) is 13.9. The van der Waals surface area contributed by atoms with Crippen molar-refractivity contribution in [3.8, 4) is 0 Å².